The topological polar surface area (TPSA) is 261 Å². The fourth-order valence-corrected chi connectivity index (χ4v) is 2.73. The number of nitrogens with zero attached hydrogens (tertiary/aromatic N) is 1. The van der Waals surface area contributed by atoms with Crippen molar-refractivity contribution in [3.8, 4) is 0 Å². The van der Waals surface area contributed by atoms with E-state index in [0.29, 0.717) is 25.8 Å². The van der Waals surface area contributed by atoms with Crippen LogP contribution in [0.2, 0.25) is 0 Å². The first-order valence-electron chi connectivity index (χ1n) is 10.7. The molecular formula is C19H38N8O6. The van der Waals surface area contributed by atoms with Crippen LogP contribution >= 0.6 is 0 Å². The van der Waals surface area contributed by atoms with Gasteiger partial charge in [0, 0.05) is 6.54 Å². The molecule has 0 aliphatic rings. The Hall–Kier alpha value is -2.97. The summed E-state index contributed by atoms with van der Waals surface area (Å²) in [6.07, 6.45) is 0.671. The van der Waals surface area contributed by atoms with Crippen molar-refractivity contribution in [2.75, 3.05) is 13.1 Å². The fraction of sp³-hybridized carbons (Fsp3) is 0.737. The SMILES string of the molecule is CC(NC(=O)C(NC(=O)C(N)CCCN=C(N)N)C(C)O)C(=O)NC(CCCCN)C(=O)O. The van der Waals surface area contributed by atoms with Gasteiger partial charge in [0.1, 0.15) is 18.1 Å². The predicted molar refractivity (Wildman–Crippen MR) is 122 cm³/mol. The molecule has 0 aromatic heterocycles. The normalized spacial score (nSPS) is 15.3. The second-order valence-corrected chi connectivity index (χ2v) is 7.70. The monoisotopic (exact) mass is 474 g/mol. The highest BCUT2D eigenvalue weighted by Gasteiger charge is 2.30. The highest BCUT2D eigenvalue weighted by molar-refractivity contribution is 5.94. The number of guanidine groups is 1. The molecule has 5 atom stereocenters. The molecule has 0 bridgehead atoms. The van der Waals surface area contributed by atoms with Gasteiger partial charge in [-0.15, -0.1) is 0 Å². The van der Waals surface area contributed by atoms with Gasteiger partial charge in [-0.05, 0) is 52.5 Å². The summed E-state index contributed by atoms with van der Waals surface area (Å²) in [5, 5.41) is 26.2. The molecule has 0 aromatic rings. The Morgan fingerprint density at radius 2 is 1.55 bits per heavy atom. The van der Waals surface area contributed by atoms with Crippen molar-refractivity contribution in [1.82, 2.24) is 16.0 Å². The molecule has 0 aromatic carbocycles. The number of unbranched alkanes of at least 4 members (excludes halogenated alkanes) is 1. The third-order valence-electron chi connectivity index (χ3n) is 4.68. The zero-order valence-corrected chi connectivity index (χ0v) is 19.1. The maximum atomic E-state index is 12.5. The van der Waals surface area contributed by atoms with Gasteiger partial charge in [-0.25, -0.2) is 4.79 Å². The molecule has 0 heterocycles. The van der Waals surface area contributed by atoms with Crippen LogP contribution in [0, 0.1) is 0 Å². The zero-order valence-electron chi connectivity index (χ0n) is 19.1. The molecule has 14 nitrogen and oxygen atoms in total. The van der Waals surface area contributed by atoms with Crippen LogP contribution in [0.4, 0.5) is 0 Å². The Kier molecular flexibility index (Phi) is 14.4. The number of aliphatic imine (C=N–C) groups is 1. The van der Waals surface area contributed by atoms with Crippen molar-refractivity contribution in [1.29, 1.82) is 0 Å². The van der Waals surface area contributed by atoms with Crippen molar-refractivity contribution in [3.05, 3.63) is 0 Å². The van der Waals surface area contributed by atoms with E-state index >= 15 is 0 Å². The number of aliphatic carboxylic acids is 1. The minimum absolute atomic E-state index is 0.0812. The van der Waals surface area contributed by atoms with Crippen LogP contribution in [0.25, 0.3) is 0 Å². The number of amides is 3. The van der Waals surface area contributed by atoms with Crippen molar-refractivity contribution in [2.45, 2.75) is 76.2 Å². The molecule has 0 aliphatic carbocycles. The molecule has 0 saturated carbocycles. The molecule has 0 aliphatic heterocycles. The van der Waals surface area contributed by atoms with Crippen LogP contribution in [-0.2, 0) is 19.2 Å². The van der Waals surface area contributed by atoms with Crippen LogP contribution in [0.3, 0.4) is 0 Å². The summed E-state index contributed by atoms with van der Waals surface area (Å²) in [5.41, 5.74) is 21.6. The van der Waals surface area contributed by atoms with Crippen molar-refractivity contribution >= 4 is 29.7 Å². The van der Waals surface area contributed by atoms with E-state index in [4.69, 9.17) is 22.9 Å². The van der Waals surface area contributed by atoms with Crippen LogP contribution in [0.1, 0.15) is 46.0 Å². The molecule has 3 amide bonds. The third kappa shape index (κ3) is 12.6. The first-order chi connectivity index (χ1) is 15.4. The lowest BCUT2D eigenvalue weighted by molar-refractivity contribution is -0.142. The molecule has 0 rings (SSSR count). The number of carboxylic acids is 1. The second-order valence-electron chi connectivity index (χ2n) is 7.70. The van der Waals surface area contributed by atoms with E-state index in [0.717, 1.165) is 0 Å². The highest BCUT2D eigenvalue weighted by atomic mass is 16.4. The Balaban J connectivity index is 4.86. The van der Waals surface area contributed by atoms with Gasteiger partial charge in [0.2, 0.25) is 17.7 Å². The largest absolute Gasteiger partial charge is 0.480 e. The van der Waals surface area contributed by atoms with Crippen LogP contribution in [0.15, 0.2) is 4.99 Å². The minimum Gasteiger partial charge on any atom is -0.480 e. The summed E-state index contributed by atoms with van der Waals surface area (Å²) in [6, 6.07) is -4.61. The lowest BCUT2D eigenvalue weighted by Crippen LogP contribution is -2.59. The number of carboxylic acid groups (broad SMARTS) is 1. The number of rotatable bonds is 16. The van der Waals surface area contributed by atoms with E-state index < -0.39 is 54.0 Å². The Bertz CT molecular complexity index is 683. The molecule has 190 valence electrons. The molecule has 0 saturated heterocycles. The average Bonchev–Trinajstić information content (AvgIpc) is 2.73. The van der Waals surface area contributed by atoms with Gasteiger partial charge in [0.15, 0.2) is 5.96 Å². The minimum atomic E-state index is -1.38. The van der Waals surface area contributed by atoms with Crippen LogP contribution in [0.5, 0.6) is 0 Å². The lowest BCUT2D eigenvalue weighted by Gasteiger charge is -2.25. The summed E-state index contributed by atoms with van der Waals surface area (Å²) in [5.74, 6) is -3.52. The first-order valence-corrected chi connectivity index (χ1v) is 10.7. The van der Waals surface area contributed by atoms with Gasteiger partial charge in [-0.2, -0.15) is 0 Å². The van der Waals surface area contributed by atoms with Gasteiger partial charge >= 0.3 is 5.97 Å². The molecule has 0 spiro atoms. The third-order valence-corrected chi connectivity index (χ3v) is 4.68. The quantitative estimate of drug-likeness (QED) is 0.0603. The Labute approximate surface area is 192 Å². The standard InChI is InChI=1S/C19H38N8O6/c1-10(15(29)26-13(18(32)33)7-3-4-8-20)25-17(31)14(11(2)28)27-16(30)12(21)6-5-9-24-19(22)23/h10-14,28H,3-9,20-21H2,1-2H3,(H,25,31)(H,26,29)(H,27,30)(H,32,33)(H4,22,23,24). The number of carbonyl (C=O) groups is 4. The maximum Gasteiger partial charge on any atom is 0.326 e. The maximum absolute atomic E-state index is 12.5. The van der Waals surface area contributed by atoms with Crippen molar-refractivity contribution < 1.29 is 29.4 Å². The van der Waals surface area contributed by atoms with Crippen LogP contribution in [-0.4, -0.2) is 83.2 Å². The Morgan fingerprint density at radius 3 is 2.06 bits per heavy atom. The van der Waals surface area contributed by atoms with E-state index in [2.05, 4.69) is 20.9 Å². The number of hydrogen-bond donors (Lipinski definition) is 9. The molecule has 0 fully saturated rings. The van der Waals surface area contributed by atoms with Gasteiger partial charge in [0.05, 0.1) is 12.1 Å². The van der Waals surface area contributed by atoms with Gasteiger partial charge in [0.25, 0.3) is 0 Å². The number of hydrogen-bond acceptors (Lipinski definition) is 8. The molecule has 33 heavy (non-hydrogen) atoms. The van der Waals surface area contributed by atoms with E-state index in [1.807, 2.05) is 0 Å². The smallest absolute Gasteiger partial charge is 0.326 e. The van der Waals surface area contributed by atoms with E-state index in [-0.39, 0.29) is 25.3 Å². The van der Waals surface area contributed by atoms with Gasteiger partial charge in [-0.3, -0.25) is 19.4 Å². The summed E-state index contributed by atoms with van der Waals surface area (Å²) < 4.78 is 0. The molecule has 14 heteroatoms. The van der Waals surface area contributed by atoms with E-state index in [1.54, 1.807) is 0 Å². The zero-order chi connectivity index (χ0) is 25.6. The fourth-order valence-electron chi connectivity index (χ4n) is 2.73. The lowest BCUT2D eigenvalue weighted by atomic mass is 10.1. The summed E-state index contributed by atoms with van der Waals surface area (Å²) >= 11 is 0. The predicted octanol–water partition coefficient (Wildman–Crippen LogP) is -3.56. The number of aliphatic hydroxyl groups excluding tert-OH is 1. The van der Waals surface area contributed by atoms with Crippen LogP contribution < -0.4 is 38.9 Å². The van der Waals surface area contributed by atoms with E-state index in [9.17, 15) is 29.4 Å². The molecule has 13 N–H and O–H groups in total. The van der Waals surface area contributed by atoms with Crippen molar-refractivity contribution in [2.24, 2.45) is 27.9 Å². The summed E-state index contributed by atoms with van der Waals surface area (Å²) in [6.45, 7) is 3.32. The average molecular weight is 475 g/mol. The van der Waals surface area contributed by atoms with E-state index in [1.165, 1.54) is 13.8 Å². The number of nitrogens with two attached hydrogens (primary N) is 4. The summed E-state index contributed by atoms with van der Waals surface area (Å²) in [7, 11) is 0. The number of carbonyl (C=O) groups excluding carboxylic acids is 3. The number of aliphatic hydroxyl groups is 1. The number of nitrogens with one attached hydrogen (secondary N) is 3. The second kappa shape index (κ2) is 15.8. The Morgan fingerprint density at radius 1 is 0.909 bits per heavy atom. The van der Waals surface area contributed by atoms with Gasteiger partial charge in [-0.1, -0.05) is 0 Å². The summed E-state index contributed by atoms with van der Waals surface area (Å²) in [4.78, 5) is 52.3. The first kappa shape index (κ1) is 30.0. The van der Waals surface area contributed by atoms with Gasteiger partial charge < -0.3 is 49.1 Å². The van der Waals surface area contributed by atoms with Crippen molar-refractivity contribution in [3.63, 3.8) is 0 Å². The molecular weight excluding hydrogens is 436 g/mol. The molecule has 0 radical (unpaired) electrons. The highest BCUT2D eigenvalue weighted by Crippen LogP contribution is 2.03. The molecule has 5 unspecified atom stereocenters.